The van der Waals surface area contributed by atoms with Crippen molar-refractivity contribution < 1.29 is 19.0 Å². The number of carbonyl (C=O) groups is 1. The van der Waals surface area contributed by atoms with Crippen LogP contribution < -0.4 is 19.7 Å². The van der Waals surface area contributed by atoms with E-state index in [9.17, 15) is 4.79 Å². The molecule has 0 unspecified atom stereocenters. The summed E-state index contributed by atoms with van der Waals surface area (Å²) in [5.74, 6) is 0.852. The summed E-state index contributed by atoms with van der Waals surface area (Å²) in [6.07, 6.45) is 3.18. The number of methoxy groups -OCH3 is 1. The highest BCUT2D eigenvalue weighted by Gasteiger charge is 2.12. The summed E-state index contributed by atoms with van der Waals surface area (Å²) in [5.41, 5.74) is 2.97. The minimum absolute atomic E-state index is 0.184. The zero-order valence-corrected chi connectivity index (χ0v) is 18.1. The summed E-state index contributed by atoms with van der Waals surface area (Å²) in [5, 5.41) is 3.34. The Bertz CT molecular complexity index is 878. The maximum atomic E-state index is 12.2. The van der Waals surface area contributed by atoms with Gasteiger partial charge in [0.25, 0.3) is 0 Å². The lowest BCUT2D eigenvalue weighted by Crippen LogP contribution is -2.36. The van der Waals surface area contributed by atoms with Crippen molar-refractivity contribution in [3.63, 3.8) is 0 Å². The van der Waals surface area contributed by atoms with E-state index >= 15 is 0 Å². The molecule has 0 spiro atoms. The fraction of sp³-hybridized carbons (Fsp3) is 0.348. The number of hydrogen-bond acceptors (Lipinski definition) is 5. The SMILES string of the molecule is CCOc1c(Cl)cc(/C=C/C(=O)NCc2ccc(N3CCOCC3)cc2)cc1OC. The smallest absolute Gasteiger partial charge is 0.244 e. The lowest BCUT2D eigenvalue weighted by atomic mass is 10.1. The molecule has 2 aromatic carbocycles. The van der Waals surface area contributed by atoms with Crippen LogP contribution in [0.4, 0.5) is 5.69 Å². The van der Waals surface area contributed by atoms with E-state index in [1.54, 1.807) is 25.3 Å². The molecule has 1 N–H and O–H groups in total. The Kier molecular flexibility index (Phi) is 7.99. The molecule has 3 rings (SSSR count). The van der Waals surface area contributed by atoms with Gasteiger partial charge in [-0.1, -0.05) is 23.7 Å². The van der Waals surface area contributed by atoms with Crippen molar-refractivity contribution in [2.24, 2.45) is 0 Å². The van der Waals surface area contributed by atoms with Crippen LogP contribution in [-0.4, -0.2) is 45.9 Å². The predicted octanol–water partition coefficient (Wildman–Crippen LogP) is 3.91. The average molecular weight is 431 g/mol. The maximum absolute atomic E-state index is 12.2. The molecule has 6 nitrogen and oxygen atoms in total. The lowest BCUT2D eigenvalue weighted by molar-refractivity contribution is -0.116. The maximum Gasteiger partial charge on any atom is 0.244 e. The highest BCUT2D eigenvalue weighted by molar-refractivity contribution is 6.32. The largest absolute Gasteiger partial charge is 0.493 e. The topological polar surface area (TPSA) is 60.0 Å². The molecule has 1 heterocycles. The summed E-state index contributed by atoms with van der Waals surface area (Å²) < 4.78 is 16.2. The van der Waals surface area contributed by atoms with Crippen LogP contribution in [0.2, 0.25) is 5.02 Å². The summed E-state index contributed by atoms with van der Waals surface area (Å²) in [7, 11) is 1.55. The number of ether oxygens (including phenoxy) is 3. The minimum Gasteiger partial charge on any atom is -0.493 e. The molecule has 0 aromatic heterocycles. The van der Waals surface area contributed by atoms with Gasteiger partial charge < -0.3 is 24.4 Å². The number of carbonyl (C=O) groups excluding carboxylic acids is 1. The zero-order valence-electron chi connectivity index (χ0n) is 17.3. The third-order valence-electron chi connectivity index (χ3n) is 4.75. The first-order chi connectivity index (χ1) is 14.6. The fourth-order valence-electron chi connectivity index (χ4n) is 3.19. The number of hydrogen-bond donors (Lipinski definition) is 1. The van der Waals surface area contributed by atoms with E-state index in [1.807, 2.05) is 19.1 Å². The van der Waals surface area contributed by atoms with Crippen molar-refractivity contribution in [1.29, 1.82) is 0 Å². The highest BCUT2D eigenvalue weighted by atomic mass is 35.5. The van der Waals surface area contributed by atoms with Gasteiger partial charge in [0.1, 0.15) is 0 Å². The van der Waals surface area contributed by atoms with Crippen LogP contribution in [0.25, 0.3) is 6.08 Å². The number of anilines is 1. The Morgan fingerprint density at radius 1 is 1.23 bits per heavy atom. The number of nitrogens with one attached hydrogen (secondary N) is 1. The van der Waals surface area contributed by atoms with Crippen LogP contribution >= 0.6 is 11.6 Å². The number of rotatable bonds is 8. The molecule has 0 radical (unpaired) electrons. The summed E-state index contributed by atoms with van der Waals surface area (Å²) in [6.45, 7) is 6.15. The molecule has 0 saturated carbocycles. The fourth-order valence-corrected chi connectivity index (χ4v) is 3.46. The molecule has 160 valence electrons. The van der Waals surface area contributed by atoms with E-state index in [1.165, 1.54) is 11.8 Å². The number of benzene rings is 2. The van der Waals surface area contributed by atoms with Crippen LogP contribution in [0.15, 0.2) is 42.5 Å². The van der Waals surface area contributed by atoms with Gasteiger partial charge >= 0.3 is 0 Å². The van der Waals surface area contributed by atoms with Gasteiger partial charge in [0.15, 0.2) is 11.5 Å². The number of halogens is 1. The van der Waals surface area contributed by atoms with E-state index in [0.29, 0.717) is 29.7 Å². The van der Waals surface area contributed by atoms with E-state index in [4.69, 9.17) is 25.8 Å². The average Bonchev–Trinajstić information content (AvgIpc) is 2.78. The summed E-state index contributed by atoms with van der Waals surface area (Å²) in [6, 6.07) is 11.7. The van der Waals surface area contributed by atoms with Crippen molar-refractivity contribution in [2.45, 2.75) is 13.5 Å². The van der Waals surface area contributed by atoms with Crippen molar-refractivity contribution in [3.8, 4) is 11.5 Å². The third-order valence-corrected chi connectivity index (χ3v) is 5.03. The van der Waals surface area contributed by atoms with Crippen molar-refractivity contribution in [3.05, 3.63) is 58.6 Å². The van der Waals surface area contributed by atoms with Gasteiger partial charge in [-0.15, -0.1) is 0 Å². The van der Waals surface area contributed by atoms with Crippen LogP contribution in [0, 0.1) is 0 Å². The van der Waals surface area contributed by atoms with Crippen LogP contribution in [0.1, 0.15) is 18.1 Å². The molecule has 0 aliphatic carbocycles. The molecule has 1 saturated heterocycles. The van der Waals surface area contributed by atoms with E-state index in [-0.39, 0.29) is 5.91 Å². The van der Waals surface area contributed by atoms with Gasteiger partial charge in [0.05, 0.1) is 32.0 Å². The van der Waals surface area contributed by atoms with Crippen LogP contribution in [0.3, 0.4) is 0 Å². The summed E-state index contributed by atoms with van der Waals surface area (Å²) in [4.78, 5) is 14.5. The standard InChI is InChI=1S/C23H27ClN2O4/c1-3-30-23-20(24)14-18(15-21(23)28-2)6-9-22(27)25-16-17-4-7-19(8-5-17)26-10-12-29-13-11-26/h4-9,14-15H,3,10-13,16H2,1-2H3,(H,25,27)/b9-6+. The molecule has 1 aliphatic rings. The molecular formula is C23H27ClN2O4. The van der Waals surface area contributed by atoms with Crippen molar-refractivity contribution >= 4 is 29.3 Å². The Hall–Kier alpha value is -2.70. The predicted molar refractivity (Wildman–Crippen MR) is 120 cm³/mol. The second-order valence-corrected chi connectivity index (χ2v) is 7.19. The molecule has 1 aliphatic heterocycles. The summed E-state index contributed by atoms with van der Waals surface area (Å²) >= 11 is 6.27. The van der Waals surface area contributed by atoms with E-state index in [2.05, 4.69) is 22.3 Å². The first-order valence-corrected chi connectivity index (χ1v) is 10.4. The quantitative estimate of drug-likeness (QED) is 0.643. The van der Waals surface area contributed by atoms with Gasteiger partial charge in [-0.2, -0.15) is 0 Å². The van der Waals surface area contributed by atoms with Gasteiger partial charge in [-0.3, -0.25) is 4.79 Å². The molecule has 1 fully saturated rings. The first-order valence-electron chi connectivity index (χ1n) is 9.98. The van der Waals surface area contributed by atoms with Crippen LogP contribution in [-0.2, 0) is 16.1 Å². The first kappa shape index (κ1) is 22.0. The van der Waals surface area contributed by atoms with Gasteiger partial charge in [0, 0.05) is 31.4 Å². The normalized spacial score (nSPS) is 14.0. The van der Waals surface area contributed by atoms with Gasteiger partial charge in [-0.25, -0.2) is 0 Å². The Balaban J connectivity index is 1.55. The Labute approximate surface area is 182 Å². The molecule has 2 aromatic rings. The number of morpholine rings is 1. The molecular weight excluding hydrogens is 404 g/mol. The van der Waals surface area contributed by atoms with Crippen molar-refractivity contribution in [2.75, 3.05) is 44.9 Å². The Morgan fingerprint density at radius 3 is 2.63 bits per heavy atom. The zero-order chi connectivity index (χ0) is 21.3. The molecule has 1 amide bonds. The molecule has 0 bridgehead atoms. The Morgan fingerprint density at radius 2 is 1.97 bits per heavy atom. The number of amides is 1. The highest BCUT2D eigenvalue weighted by Crippen LogP contribution is 2.36. The van der Waals surface area contributed by atoms with E-state index < -0.39 is 0 Å². The van der Waals surface area contributed by atoms with Crippen molar-refractivity contribution in [1.82, 2.24) is 5.32 Å². The van der Waals surface area contributed by atoms with Crippen LogP contribution in [0.5, 0.6) is 11.5 Å². The van der Waals surface area contributed by atoms with E-state index in [0.717, 1.165) is 37.4 Å². The second-order valence-electron chi connectivity index (χ2n) is 6.78. The van der Waals surface area contributed by atoms with Gasteiger partial charge in [0.2, 0.25) is 5.91 Å². The number of nitrogens with zero attached hydrogens (tertiary/aromatic N) is 1. The molecule has 0 atom stereocenters. The molecule has 30 heavy (non-hydrogen) atoms. The molecule has 7 heteroatoms. The lowest BCUT2D eigenvalue weighted by Gasteiger charge is -2.28. The van der Waals surface area contributed by atoms with Gasteiger partial charge in [-0.05, 0) is 48.4 Å². The third kappa shape index (κ3) is 5.90. The second kappa shape index (κ2) is 10.9. The minimum atomic E-state index is -0.184. The monoisotopic (exact) mass is 430 g/mol.